The molecule has 0 saturated heterocycles. The predicted molar refractivity (Wildman–Crippen MR) is 156 cm³/mol. The summed E-state index contributed by atoms with van der Waals surface area (Å²) in [4.78, 5) is 66.8. The molecule has 0 aliphatic heterocycles. The Hall–Kier alpha value is -4.52. The number of halogens is 1. The van der Waals surface area contributed by atoms with Crippen LogP contribution in [0.1, 0.15) is 58.4 Å². The molecule has 1 aromatic carbocycles. The lowest BCUT2D eigenvalue weighted by atomic mass is 9.75. The lowest BCUT2D eigenvalue weighted by Crippen LogP contribution is -2.24. The van der Waals surface area contributed by atoms with E-state index in [-0.39, 0.29) is 51.5 Å². The zero-order valence-electron chi connectivity index (χ0n) is 25.4. The van der Waals surface area contributed by atoms with E-state index in [1.54, 1.807) is 13.0 Å². The molecular formula is C30H36ClNO13. The second kappa shape index (κ2) is 21.2. The molecule has 0 N–H and O–H groups in total. The van der Waals surface area contributed by atoms with E-state index in [1.807, 2.05) is 32.0 Å². The molecule has 246 valence electrons. The van der Waals surface area contributed by atoms with E-state index in [0.717, 1.165) is 29.2 Å². The maximum absolute atomic E-state index is 13.1. The van der Waals surface area contributed by atoms with Crippen LogP contribution in [0.2, 0.25) is 5.02 Å². The van der Waals surface area contributed by atoms with Gasteiger partial charge in [-0.15, -0.1) is 10.1 Å². The Labute approximate surface area is 265 Å². The van der Waals surface area contributed by atoms with Crippen LogP contribution in [0.15, 0.2) is 58.7 Å². The van der Waals surface area contributed by atoms with Crippen molar-refractivity contribution >= 4 is 35.8 Å². The van der Waals surface area contributed by atoms with Crippen molar-refractivity contribution in [1.82, 2.24) is 0 Å². The van der Waals surface area contributed by atoms with E-state index in [0.29, 0.717) is 23.4 Å². The highest BCUT2D eigenvalue weighted by Gasteiger charge is 2.34. The molecule has 0 bridgehead atoms. The van der Waals surface area contributed by atoms with Crippen LogP contribution in [0.3, 0.4) is 0 Å². The molecule has 0 aromatic heterocycles. The van der Waals surface area contributed by atoms with Gasteiger partial charge in [0, 0.05) is 24.0 Å². The van der Waals surface area contributed by atoms with Crippen molar-refractivity contribution in [2.75, 3.05) is 33.0 Å². The van der Waals surface area contributed by atoms with Crippen molar-refractivity contribution in [3.05, 3.63) is 79.4 Å². The number of carbonyl (C=O) groups excluding carboxylic acids is 5. The summed E-state index contributed by atoms with van der Waals surface area (Å²) < 4.78 is 25.5. The van der Waals surface area contributed by atoms with Gasteiger partial charge in [0.15, 0.2) is 0 Å². The van der Waals surface area contributed by atoms with Crippen molar-refractivity contribution in [1.29, 1.82) is 0 Å². The van der Waals surface area contributed by atoms with Gasteiger partial charge in [-0.1, -0.05) is 40.9 Å². The fraction of sp³-hybridized carbons (Fsp3) is 0.467. The summed E-state index contributed by atoms with van der Waals surface area (Å²) in [6, 6.07) is 7.44. The van der Waals surface area contributed by atoms with E-state index < -0.39 is 29.5 Å². The lowest BCUT2D eigenvalue weighted by molar-refractivity contribution is -0.777. The number of nitrogens with zero attached hydrogens (tertiary/aromatic N) is 1. The zero-order chi connectivity index (χ0) is 33.8. The van der Waals surface area contributed by atoms with Gasteiger partial charge in [0.05, 0.1) is 18.8 Å². The maximum Gasteiger partial charge on any atom is 0.510 e. The van der Waals surface area contributed by atoms with E-state index in [2.05, 4.69) is 14.3 Å². The molecule has 0 fully saturated rings. The van der Waals surface area contributed by atoms with Crippen LogP contribution >= 0.6 is 11.6 Å². The average molecular weight is 654 g/mol. The van der Waals surface area contributed by atoms with Gasteiger partial charge in [0.2, 0.25) is 6.29 Å². The van der Waals surface area contributed by atoms with E-state index in [9.17, 15) is 24.5 Å². The maximum atomic E-state index is 13.1. The third kappa shape index (κ3) is 14.2. The SMILES string of the molecule is CCOC(=O)C1=C(COCCCC(=O)OC/C=C\COC(=O)OC(C)O[N+](=O)[O-])CC(C)=C(C)C1c1ccccc1Cl.O=C=O. The van der Waals surface area contributed by atoms with E-state index in [1.165, 1.54) is 12.2 Å². The highest BCUT2D eigenvalue weighted by Crippen LogP contribution is 2.44. The third-order valence-corrected chi connectivity index (χ3v) is 6.56. The summed E-state index contributed by atoms with van der Waals surface area (Å²) in [7, 11) is 0. The van der Waals surface area contributed by atoms with Gasteiger partial charge in [-0.25, -0.2) is 9.59 Å². The summed E-state index contributed by atoms with van der Waals surface area (Å²) in [5, 5.41) is 9.63. The number of rotatable bonds is 16. The minimum atomic E-state index is -1.41. The highest BCUT2D eigenvalue weighted by molar-refractivity contribution is 6.31. The Bertz CT molecular complexity index is 1300. The fourth-order valence-corrected chi connectivity index (χ4v) is 4.46. The number of benzene rings is 1. The van der Waals surface area contributed by atoms with Crippen molar-refractivity contribution in [2.45, 2.75) is 59.2 Å². The number of ether oxygens (including phenoxy) is 5. The van der Waals surface area contributed by atoms with Crippen molar-refractivity contribution in [2.24, 2.45) is 0 Å². The fourth-order valence-electron chi connectivity index (χ4n) is 4.21. The molecule has 2 unspecified atom stereocenters. The second-order valence-corrected chi connectivity index (χ2v) is 9.71. The summed E-state index contributed by atoms with van der Waals surface area (Å²) in [6.07, 6.45) is 1.69. The first kappa shape index (κ1) is 38.5. The van der Waals surface area contributed by atoms with Crippen LogP contribution in [0.25, 0.3) is 0 Å². The molecule has 45 heavy (non-hydrogen) atoms. The number of carbonyl (C=O) groups is 3. The monoisotopic (exact) mass is 653 g/mol. The van der Waals surface area contributed by atoms with E-state index in [4.69, 9.17) is 35.4 Å². The third-order valence-electron chi connectivity index (χ3n) is 6.21. The Balaban J connectivity index is 0.00000324. The summed E-state index contributed by atoms with van der Waals surface area (Å²) in [5.41, 5.74) is 4.37. The molecular weight excluding hydrogens is 618 g/mol. The van der Waals surface area contributed by atoms with Gasteiger partial charge in [-0.3, -0.25) is 9.63 Å². The molecule has 1 aliphatic carbocycles. The standard InChI is InChI=1S/C29H36ClNO11.CO2/c1-5-38-28(33)27-22(17-19(2)20(3)26(27)23-11-6-7-12-24(23)30)18-37-14-10-13-25(32)39-15-8-9-16-40-29(34)41-21(4)42-31(35)36;2-1-3/h6-9,11-12,21,26H,5,10,13-18H2,1-4H3;/b9-8-;. The molecule has 0 saturated carbocycles. The van der Waals surface area contributed by atoms with Gasteiger partial charge in [-0.05, 0) is 69.9 Å². The Morgan fingerprint density at radius 2 is 1.76 bits per heavy atom. The normalized spacial score (nSPS) is 14.9. The number of hydrogen-bond acceptors (Lipinski definition) is 13. The van der Waals surface area contributed by atoms with Gasteiger partial charge >= 0.3 is 24.2 Å². The number of hydrogen-bond donors (Lipinski definition) is 0. The first-order valence-electron chi connectivity index (χ1n) is 13.8. The quantitative estimate of drug-likeness (QED) is 0.0440. The van der Waals surface area contributed by atoms with E-state index >= 15 is 0 Å². The highest BCUT2D eigenvalue weighted by atomic mass is 35.5. The Morgan fingerprint density at radius 1 is 1.11 bits per heavy atom. The topological polar surface area (TPSA) is 184 Å². The Morgan fingerprint density at radius 3 is 2.38 bits per heavy atom. The van der Waals surface area contributed by atoms with Crippen LogP contribution in [0.5, 0.6) is 0 Å². The molecule has 0 radical (unpaired) electrons. The molecule has 1 aromatic rings. The minimum absolute atomic E-state index is 0.0386. The van der Waals surface area contributed by atoms with Crippen LogP contribution in [0.4, 0.5) is 4.79 Å². The molecule has 2 rings (SSSR count). The van der Waals surface area contributed by atoms with Gasteiger partial charge in [0.1, 0.15) is 13.2 Å². The first-order valence-corrected chi connectivity index (χ1v) is 14.2. The summed E-state index contributed by atoms with van der Waals surface area (Å²) in [6.45, 7) is 7.44. The van der Waals surface area contributed by atoms with Crippen molar-refractivity contribution < 1.29 is 57.6 Å². The summed E-state index contributed by atoms with van der Waals surface area (Å²) in [5.74, 6) is -1.17. The molecule has 14 nitrogen and oxygen atoms in total. The molecule has 15 heteroatoms. The number of esters is 2. The van der Waals surface area contributed by atoms with Gasteiger partial charge < -0.3 is 23.7 Å². The Kier molecular flexibility index (Phi) is 18.2. The van der Waals surface area contributed by atoms with Gasteiger partial charge in [0.25, 0.3) is 5.09 Å². The molecule has 0 heterocycles. The number of allylic oxidation sites excluding steroid dienone is 2. The molecule has 2 atom stereocenters. The van der Waals surface area contributed by atoms with Crippen molar-refractivity contribution in [3.8, 4) is 0 Å². The molecule has 1 aliphatic rings. The van der Waals surface area contributed by atoms with Crippen LogP contribution in [-0.2, 0) is 47.7 Å². The molecule has 0 spiro atoms. The zero-order valence-corrected chi connectivity index (χ0v) is 26.2. The molecule has 0 amide bonds. The summed E-state index contributed by atoms with van der Waals surface area (Å²) >= 11 is 6.52. The largest absolute Gasteiger partial charge is 0.510 e. The van der Waals surface area contributed by atoms with Crippen LogP contribution in [-0.4, -0.2) is 68.7 Å². The smallest absolute Gasteiger partial charge is 0.463 e. The minimum Gasteiger partial charge on any atom is -0.463 e. The first-order chi connectivity index (χ1) is 21.5. The second-order valence-electron chi connectivity index (χ2n) is 9.30. The predicted octanol–water partition coefficient (Wildman–Crippen LogP) is 5.04. The van der Waals surface area contributed by atoms with Crippen molar-refractivity contribution in [3.63, 3.8) is 0 Å². The van der Waals surface area contributed by atoms with Crippen LogP contribution in [0, 0.1) is 10.1 Å². The average Bonchev–Trinajstić information content (AvgIpc) is 2.96. The van der Waals surface area contributed by atoms with Gasteiger partial charge in [-0.2, -0.15) is 9.59 Å². The van der Waals surface area contributed by atoms with Crippen LogP contribution < -0.4 is 0 Å². The lowest BCUT2D eigenvalue weighted by Gasteiger charge is -2.31.